The summed E-state index contributed by atoms with van der Waals surface area (Å²) in [5.74, 6) is 0.960. The quantitative estimate of drug-likeness (QED) is 0.909. The van der Waals surface area contributed by atoms with E-state index in [2.05, 4.69) is 65.1 Å². The predicted molar refractivity (Wildman–Crippen MR) is 86.9 cm³/mol. The molecule has 0 aliphatic carbocycles. The first-order valence-electron chi connectivity index (χ1n) is 7.79. The van der Waals surface area contributed by atoms with Crippen molar-refractivity contribution < 1.29 is 9.47 Å². The van der Waals surface area contributed by atoms with Crippen LogP contribution in [-0.4, -0.2) is 24.4 Å². The number of ether oxygens (including phenoxy) is 2. The lowest BCUT2D eigenvalue weighted by Gasteiger charge is -2.28. The summed E-state index contributed by atoms with van der Waals surface area (Å²) >= 11 is 0. The van der Waals surface area contributed by atoms with Crippen molar-refractivity contribution in [3.05, 3.63) is 29.3 Å². The highest BCUT2D eigenvalue weighted by Crippen LogP contribution is 2.40. The fraction of sp³-hybridized carbons (Fsp3) is 0.667. The van der Waals surface area contributed by atoms with Crippen LogP contribution in [0.25, 0.3) is 0 Å². The smallest absolute Gasteiger partial charge is 0.130 e. The molecule has 1 saturated heterocycles. The molecule has 0 saturated carbocycles. The van der Waals surface area contributed by atoms with Gasteiger partial charge in [-0.15, -0.1) is 0 Å². The predicted octanol–water partition coefficient (Wildman–Crippen LogP) is 4.00. The molecule has 0 bridgehead atoms. The van der Waals surface area contributed by atoms with Gasteiger partial charge in [0.05, 0.1) is 5.60 Å². The SMILES string of the molecule is CNC(C)c1ccc(OC2CC(C)(C)OC2(C)C)c(C)c1. The molecule has 1 aliphatic rings. The zero-order valence-electron chi connectivity index (χ0n) is 14.4. The summed E-state index contributed by atoms with van der Waals surface area (Å²) in [6.07, 6.45) is 0.993. The average Bonchev–Trinajstić information content (AvgIpc) is 2.58. The topological polar surface area (TPSA) is 30.5 Å². The van der Waals surface area contributed by atoms with Gasteiger partial charge in [0.1, 0.15) is 17.5 Å². The van der Waals surface area contributed by atoms with E-state index in [1.165, 1.54) is 11.1 Å². The molecule has 3 heteroatoms. The standard InChI is InChI=1S/C18H29NO2/c1-12-10-14(13(2)19-7)8-9-15(12)20-16-11-17(3,4)21-18(16,5)6/h8-10,13,16,19H,11H2,1-7H3. The zero-order valence-corrected chi connectivity index (χ0v) is 14.4. The summed E-state index contributed by atoms with van der Waals surface area (Å²) in [4.78, 5) is 0. The molecule has 1 fully saturated rings. The van der Waals surface area contributed by atoms with Crippen molar-refractivity contribution in [1.82, 2.24) is 5.32 Å². The van der Waals surface area contributed by atoms with E-state index < -0.39 is 0 Å². The van der Waals surface area contributed by atoms with Crippen LogP contribution >= 0.6 is 0 Å². The zero-order chi connectivity index (χ0) is 15.8. The Labute approximate surface area is 129 Å². The second-order valence-corrected chi connectivity index (χ2v) is 7.31. The van der Waals surface area contributed by atoms with Crippen LogP contribution in [-0.2, 0) is 4.74 Å². The monoisotopic (exact) mass is 291 g/mol. The molecule has 2 unspecified atom stereocenters. The van der Waals surface area contributed by atoms with E-state index in [1.807, 2.05) is 7.05 Å². The largest absolute Gasteiger partial charge is 0.487 e. The van der Waals surface area contributed by atoms with Crippen LogP contribution < -0.4 is 10.1 Å². The van der Waals surface area contributed by atoms with Crippen molar-refractivity contribution in [3.63, 3.8) is 0 Å². The van der Waals surface area contributed by atoms with E-state index in [9.17, 15) is 0 Å². The molecule has 1 aromatic carbocycles. The molecule has 0 spiro atoms. The molecule has 21 heavy (non-hydrogen) atoms. The summed E-state index contributed by atoms with van der Waals surface area (Å²) in [6, 6.07) is 6.77. The van der Waals surface area contributed by atoms with Crippen molar-refractivity contribution in [3.8, 4) is 5.75 Å². The summed E-state index contributed by atoms with van der Waals surface area (Å²) in [5.41, 5.74) is 2.08. The Balaban J connectivity index is 2.17. The number of rotatable bonds is 4. The van der Waals surface area contributed by atoms with E-state index >= 15 is 0 Å². The molecular formula is C18H29NO2. The molecule has 0 aromatic heterocycles. The van der Waals surface area contributed by atoms with Gasteiger partial charge in [-0.2, -0.15) is 0 Å². The molecule has 1 N–H and O–H groups in total. The third-order valence-corrected chi connectivity index (χ3v) is 4.39. The van der Waals surface area contributed by atoms with Crippen LogP contribution in [0.3, 0.4) is 0 Å². The number of nitrogens with one attached hydrogen (secondary N) is 1. The minimum atomic E-state index is -0.257. The Morgan fingerprint density at radius 3 is 2.43 bits per heavy atom. The fourth-order valence-corrected chi connectivity index (χ4v) is 3.09. The Morgan fingerprint density at radius 2 is 1.95 bits per heavy atom. The van der Waals surface area contributed by atoms with Gasteiger partial charge in [0.25, 0.3) is 0 Å². The van der Waals surface area contributed by atoms with Gasteiger partial charge >= 0.3 is 0 Å². The van der Waals surface area contributed by atoms with Crippen LogP contribution in [0.2, 0.25) is 0 Å². The summed E-state index contributed by atoms with van der Waals surface area (Å²) in [7, 11) is 1.98. The Bertz CT molecular complexity index is 508. The van der Waals surface area contributed by atoms with Gasteiger partial charge in [-0.05, 0) is 65.8 Å². The molecule has 2 atom stereocenters. The number of hydrogen-bond donors (Lipinski definition) is 1. The minimum Gasteiger partial charge on any atom is -0.487 e. The van der Waals surface area contributed by atoms with E-state index in [1.54, 1.807) is 0 Å². The van der Waals surface area contributed by atoms with Gasteiger partial charge < -0.3 is 14.8 Å². The Kier molecular flexibility index (Phi) is 4.36. The summed E-state index contributed by atoms with van der Waals surface area (Å²) in [6.45, 7) is 12.7. The minimum absolute atomic E-state index is 0.0822. The maximum Gasteiger partial charge on any atom is 0.130 e. The average molecular weight is 291 g/mol. The van der Waals surface area contributed by atoms with E-state index in [-0.39, 0.29) is 17.3 Å². The van der Waals surface area contributed by atoms with Crippen molar-refractivity contribution in [2.45, 2.75) is 71.3 Å². The van der Waals surface area contributed by atoms with Gasteiger partial charge in [-0.25, -0.2) is 0 Å². The van der Waals surface area contributed by atoms with Crippen LogP contribution in [0.5, 0.6) is 5.75 Å². The van der Waals surface area contributed by atoms with Gasteiger partial charge in [0.2, 0.25) is 0 Å². The lowest BCUT2D eigenvalue weighted by Crippen LogP contribution is -2.36. The molecule has 1 aromatic rings. The molecule has 118 valence electrons. The van der Waals surface area contributed by atoms with Gasteiger partial charge in [0.15, 0.2) is 0 Å². The highest BCUT2D eigenvalue weighted by atomic mass is 16.6. The molecule has 0 radical (unpaired) electrons. The first-order valence-corrected chi connectivity index (χ1v) is 7.79. The van der Waals surface area contributed by atoms with Gasteiger partial charge in [-0.1, -0.05) is 12.1 Å². The molecule has 1 heterocycles. The number of aryl methyl sites for hydroxylation is 1. The van der Waals surface area contributed by atoms with Crippen LogP contribution in [0.4, 0.5) is 0 Å². The number of benzene rings is 1. The molecule has 1 aliphatic heterocycles. The van der Waals surface area contributed by atoms with Crippen molar-refractivity contribution in [2.24, 2.45) is 0 Å². The second-order valence-electron chi connectivity index (χ2n) is 7.31. The fourth-order valence-electron chi connectivity index (χ4n) is 3.09. The van der Waals surface area contributed by atoms with Gasteiger partial charge in [-0.3, -0.25) is 0 Å². The molecular weight excluding hydrogens is 262 g/mol. The van der Waals surface area contributed by atoms with Crippen molar-refractivity contribution in [1.29, 1.82) is 0 Å². The highest BCUT2D eigenvalue weighted by Gasteiger charge is 2.47. The third kappa shape index (κ3) is 3.58. The molecule has 0 amide bonds. The maximum absolute atomic E-state index is 6.28. The second kappa shape index (κ2) is 5.62. The molecule has 2 rings (SSSR count). The van der Waals surface area contributed by atoms with Crippen molar-refractivity contribution >= 4 is 0 Å². The van der Waals surface area contributed by atoms with Crippen LogP contribution in [0, 0.1) is 6.92 Å². The lowest BCUT2D eigenvalue weighted by molar-refractivity contribution is -0.0846. The van der Waals surface area contributed by atoms with Crippen molar-refractivity contribution in [2.75, 3.05) is 7.05 Å². The Morgan fingerprint density at radius 1 is 1.29 bits per heavy atom. The highest BCUT2D eigenvalue weighted by molar-refractivity contribution is 5.37. The lowest BCUT2D eigenvalue weighted by atomic mass is 9.97. The van der Waals surface area contributed by atoms with Crippen LogP contribution in [0.1, 0.15) is 58.2 Å². The normalized spacial score (nSPS) is 24.8. The maximum atomic E-state index is 6.28. The number of hydrogen-bond acceptors (Lipinski definition) is 3. The van der Waals surface area contributed by atoms with E-state index in [0.717, 1.165) is 12.2 Å². The third-order valence-electron chi connectivity index (χ3n) is 4.39. The first kappa shape index (κ1) is 16.3. The van der Waals surface area contributed by atoms with Gasteiger partial charge in [0, 0.05) is 12.5 Å². The first-order chi connectivity index (χ1) is 9.64. The summed E-state index contributed by atoms with van der Waals surface area (Å²) < 4.78 is 12.4. The molecule has 3 nitrogen and oxygen atoms in total. The summed E-state index contributed by atoms with van der Waals surface area (Å²) in [5, 5.41) is 3.26. The van der Waals surface area contributed by atoms with Crippen LogP contribution in [0.15, 0.2) is 18.2 Å². The van der Waals surface area contributed by atoms with E-state index in [4.69, 9.17) is 9.47 Å². The van der Waals surface area contributed by atoms with E-state index in [0.29, 0.717) is 6.04 Å². The Hall–Kier alpha value is -1.06.